The molecule has 1 aromatic heterocycles. The first-order chi connectivity index (χ1) is 7.43. The van der Waals surface area contributed by atoms with Gasteiger partial charge in [-0.25, -0.2) is 13.2 Å². The van der Waals surface area contributed by atoms with E-state index in [2.05, 4.69) is 0 Å². The summed E-state index contributed by atoms with van der Waals surface area (Å²) in [6, 6.07) is 2.34. The van der Waals surface area contributed by atoms with Crippen molar-refractivity contribution in [1.29, 1.82) is 0 Å². The number of rotatable bonds is 5. The van der Waals surface area contributed by atoms with E-state index in [9.17, 15) is 13.2 Å². The zero-order chi connectivity index (χ0) is 12.3. The minimum absolute atomic E-state index is 0.265. The average Bonchev–Trinajstić information content (AvgIpc) is 2.68. The number of hydrogen-bond acceptors (Lipinski definition) is 4. The fraction of sp³-hybridized carbons (Fsp3) is 0.500. The molecule has 0 bridgehead atoms. The Labute approximate surface area is 94.0 Å². The number of hydrogen-bond donors (Lipinski definition) is 1. The van der Waals surface area contributed by atoms with Crippen molar-refractivity contribution in [2.24, 2.45) is 0 Å². The van der Waals surface area contributed by atoms with Crippen LogP contribution in [0.4, 0.5) is 0 Å². The van der Waals surface area contributed by atoms with Gasteiger partial charge in [0.1, 0.15) is 0 Å². The first-order valence-corrected chi connectivity index (χ1v) is 6.55. The van der Waals surface area contributed by atoms with Crippen LogP contribution in [0.3, 0.4) is 0 Å². The lowest BCUT2D eigenvalue weighted by atomic mass is 10.3. The Hall–Kier alpha value is -1.30. The molecule has 0 fully saturated rings. The second kappa shape index (κ2) is 4.69. The maximum Gasteiger partial charge on any atom is 0.371 e. The minimum atomic E-state index is -3.54. The Kier molecular flexibility index (Phi) is 3.74. The lowest BCUT2D eigenvalue weighted by molar-refractivity contribution is 0.0656. The largest absolute Gasteiger partial charge is 0.475 e. The normalized spacial score (nSPS) is 11.9. The lowest BCUT2D eigenvalue weighted by Gasteiger charge is -2.10. The van der Waals surface area contributed by atoms with Gasteiger partial charge < -0.3 is 9.52 Å². The minimum Gasteiger partial charge on any atom is -0.475 e. The van der Waals surface area contributed by atoms with Crippen LogP contribution in [0.25, 0.3) is 0 Å². The molecule has 1 N–H and O–H groups in total. The summed E-state index contributed by atoms with van der Waals surface area (Å²) in [5.41, 5.74) is 0. The molecule has 1 heterocycles. The van der Waals surface area contributed by atoms with Crippen molar-refractivity contribution in [2.75, 3.05) is 0 Å². The number of furan rings is 1. The Balaban J connectivity index is 3.12. The van der Waals surface area contributed by atoms with Crippen LogP contribution in [0, 0.1) is 0 Å². The third-order valence-corrected chi connectivity index (χ3v) is 4.75. The van der Waals surface area contributed by atoms with Gasteiger partial charge in [0, 0.05) is 0 Å². The van der Waals surface area contributed by atoms with Crippen molar-refractivity contribution in [3.8, 4) is 0 Å². The van der Waals surface area contributed by atoms with E-state index in [-0.39, 0.29) is 10.9 Å². The summed E-state index contributed by atoms with van der Waals surface area (Å²) in [6.45, 7) is 3.54. The average molecular weight is 246 g/mol. The molecule has 0 atom stereocenters. The van der Waals surface area contributed by atoms with Gasteiger partial charge in [-0.2, -0.15) is 0 Å². The molecule has 0 spiro atoms. The SMILES string of the molecule is CCC(CC)S(=O)(=O)c1ccc(C(=O)O)o1. The van der Waals surface area contributed by atoms with Gasteiger partial charge in [0.2, 0.25) is 20.7 Å². The number of carboxylic acid groups (broad SMARTS) is 1. The van der Waals surface area contributed by atoms with E-state index in [1.807, 2.05) is 0 Å². The van der Waals surface area contributed by atoms with Crippen LogP contribution in [0.1, 0.15) is 37.2 Å². The van der Waals surface area contributed by atoms with Gasteiger partial charge in [-0.05, 0) is 25.0 Å². The van der Waals surface area contributed by atoms with Gasteiger partial charge in [0.25, 0.3) is 0 Å². The Morgan fingerprint density at radius 1 is 1.38 bits per heavy atom. The highest BCUT2D eigenvalue weighted by Crippen LogP contribution is 2.22. The van der Waals surface area contributed by atoms with Crippen molar-refractivity contribution < 1.29 is 22.7 Å². The van der Waals surface area contributed by atoms with Crippen LogP contribution >= 0.6 is 0 Å². The van der Waals surface area contributed by atoms with Gasteiger partial charge in [-0.3, -0.25) is 0 Å². The van der Waals surface area contributed by atoms with Crippen molar-refractivity contribution in [2.45, 2.75) is 37.0 Å². The van der Waals surface area contributed by atoms with E-state index < -0.39 is 21.1 Å². The molecule has 0 saturated carbocycles. The molecule has 5 nitrogen and oxygen atoms in total. The zero-order valence-electron chi connectivity index (χ0n) is 9.13. The summed E-state index contributed by atoms with van der Waals surface area (Å²) in [5.74, 6) is -1.63. The number of aromatic carboxylic acids is 1. The molecule has 0 unspecified atom stereocenters. The third kappa shape index (κ3) is 2.27. The van der Waals surface area contributed by atoms with Gasteiger partial charge >= 0.3 is 5.97 Å². The predicted octanol–water partition coefficient (Wildman–Crippen LogP) is 1.94. The highest BCUT2D eigenvalue weighted by atomic mass is 32.2. The summed E-state index contributed by atoms with van der Waals surface area (Å²) >= 11 is 0. The summed E-state index contributed by atoms with van der Waals surface area (Å²) < 4.78 is 28.7. The topological polar surface area (TPSA) is 84.6 Å². The molecule has 1 aromatic rings. The summed E-state index contributed by atoms with van der Waals surface area (Å²) in [7, 11) is -3.54. The zero-order valence-corrected chi connectivity index (χ0v) is 9.95. The molecule has 1 rings (SSSR count). The van der Waals surface area contributed by atoms with Gasteiger partial charge in [-0.15, -0.1) is 0 Å². The highest BCUT2D eigenvalue weighted by molar-refractivity contribution is 7.91. The predicted molar refractivity (Wildman–Crippen MR) is 57.2 cm³/mol. The molecule has 0 aromatic carbocycles. The second-order valence-corrected chi connectivity index (χ2v) is 5.57. The number of carboxylic acids is 1. The van der Waals surface area contributed by atoms with E-state index in [1.54, 1.807) is 13.8 Å². The van der Waals surface area contributed by atoms with Gasteiger partial charge in [0.15, 0.2) is 0 Å². The molecule has 0 aliphatic carbocycles. The standard InChI is InChI=1S/C10H14O5S/c1-3-7(4-2)16(13,14)9-6-5-8(15-9)10(11)12/h5-7H,3-4H2,1-2H3,(H,11,12). The molecule has 90 valence electrons. The van der Waals surface area contributed by atoms with Crippen LogP contribution < -0.4 is 0 Å². The quantitative estimate of drug-likeness (QED) is 0.858. The Morgan fingerprint density at radius 3 is 2.31 bits per heavy atom. The summed E-state index contributed by atoms with van der Waals surface area (Å²) in [5, 5.41) is 7.84. The van der Waals surface area contributed by atoms with E-state index in [4.69, 9.17) is 9.52 Å². The van der Waals surface area contributed by atoms with Crippen molar-refractivity contribution in [3.63, 3.8) is 0 Å². The fourth-order valence-electron chi connectivity index (χ4n) is 1.48. The molecule has 0 saturated heterocycles. The maximum absolute atomic E-state index is 11.9. The molecule has 0 radical (unpaired) electrons. The molecule has 6 heteroatoms. The molecular weight excluding hydrogens is 232 g/mol. The van der Waals surface area contributed by atoms with E-state index in [0.717, 1.165) is 6.07 Å². The van der Waals surface area contributed by atoms with Crippen molar-refractivity contribution >= 4 is 15.8 Å². The molecule has 0 aliphatic heterocycles. The highest BCUT2D eigenvalue weighted by Gasteiger charge is 2.28. The van der Waals surface area contributed by atoms with Crippen molar-refractivity contribution in [3.05, 3.63) is 17.9 Å². The molecule has 0 amide bonds. The van der Waals surface area contributed by atoms with Crippen LogP contribution in [-0.2, 0) is 9.84 Å². The maximum atomic E-state index is 11.9. The second-order valence-electron chi connectivity index (χ2n) is 3.41. The van der Waals surface area contributed by atoms with Crippen LogP contribution in [0.2, 0.25) is 0 Å². The first-order valence-electron chi connectivity index (χ1n) is 5.00. The molecule has 0 aliphatic rings. The Morgan fingerprint density at radius 2 is 1.94 bits per heavy atom. The first kappa shape index (κ1) is 12.8. The lowest BCUT2D eigenvalue weighted by Crippen LogP contribution is -2.19. The van der Waals surface area contributed by atoms with Crippen LogP contribution in [0.5, 0.6) is 0 Å². The summed E-state index contributed by atoms with van der Waals surface area (Å²) in [6.07, 6.45) is 0.948. The fourth-order valence-corrected chi connectivity index (χ4v) is 3.15. The van der Waals surface area contributed by atoms with E-state index in [0.29, 0.717) is 12.8 Å². The number of carbonyl (C=O) groups is 1. The van der Waals surface area contributed by atoms with Crippen LogP contribution in [0.15, 0.2) is 21.6 Å². The van der Waals surface area contributed by atoms with E-state index in [1.165, 1.54) is 6.07 Å². The van der Waals surface area contributed by atoms with Gasteiger partial charge in [0.05, 0.1) is 5.25 Å². The molecule has 16 heavy (non-hydrogen) atoms. The smallest absolute Gasteiger partial charge is 0.371 e. The van der Waals surface area contributed by atoms with E-state index >= 15 is 0 Å². The monoisotopic (exact) mass is 246 g/mol. The molecular formula is C10H14O5S. The summed E-state index contributed by atoms with van der Waals surface area (Å²) in [4.78, 5) is 10.6. The Bertz CT molecular complexity index is 467. The van der Waals surface area contributed by atoms with Gasteiger partial charge in [-0.1, -0.05) is 13.8 Å². The number of sulfone groups is 1. The third-order valence-electron chi connectivity index (χ3n) is 2.42. The van der Waals surface area contributed by atoms with Crippen LogP contribution in [-0.4, -0.2) is 24.7 Å². The van der Waals surface area contributed by atoms with Crippen molar-refractivity contribution in [1.82, 2.24) is 0 Å².